The fourth-order valence-corrected chi connectivity index (χ4v) is 3.06. The second kappa shape index (κ2) is 7.99. The molecule has 2 N–H and O–H groups in total. The lowest BCUT2D eigenvalue weighted by Gasteiger charge is -2.15. The lowest BCUT2D eigenvalue weighted by Crippen LogP contribution is -2.30. The van der Waals surface area contributed by atoms with Crippen molar-refractivity contribution in [2.45, 2.75) is 19.3 Å². The van der Waals surface area contributed by atoms with Crippen LogP contribution in [-0.4, -0.2) is 41.5 Å². The summed E-state index contributed by atoms with van der Waals surface area (Å²) in [4.78, 5) is 25.5. The molecule has 3 rings (SSSR count). The molecule has 0 aromatic heterocycles. The average Bonchev–Trinajstić information content (AvgIpc) is 3.04. The number of halogens is 1. The van der Waals surface area contributed by atoms with Crippen LogP contribution >= 0.6 is 0 Å². The van der Waals surface area contributed by atoms with E-state index in [0.717, 1.165) is 25.5 Å². The number of nitrogens with zero attached hydrogens (tertiary/aromatic N) is 1. The molecular weight excluding hydrogens is 335 g/mol. The van der Waals surface area contributed by atoms with Gasteiger partial charge in [0.15, 0.2) is 0 Å². The van der Waals surface area contributed by atoms with Gasteiger partial charge in [-0.3, -0.25) is 9.59 Å². The Hall–Kier alpha value is -2.89. The third-order valence-electron chi connectivity index (χ3n) is 4.48. The summed E-state index contributed by atoms with van der Waals surface area (Å²) in [7, 11) is 0. The fourth-order valence-electron chi connectivity index (χ4n) is 3.06. The highest BCUT2D eigenvalue weighted by atomic mass is 19.1. The average molecular weight is 356 g/mol. The Bertz CT molecular complexity index is 805. The molecule has 6 heteroatoms. The molecule has 5 nitrogen and oxygen atoms in total. The normalized spacial score (nSPS) is 13.9. The molecule has 2 aromatic rings. The van der Waals surface area contributed by atoms with Gasteiger partial charge in [-0.05, 0) is 42.7 Å². The van der Waals surface area contributed by atoms with Crippen LogP contribution in [0, 0.1) is 5.82 Å². The first kappa shape index (κ1) is 17.9. The highest BCUT2D eigenvalue weighted by Gasteiger charge is 2.19. The summed E-state index contributed by atoms with van der Waals surface area (Å²) in [6, 6.07) is 10.6. The predicted octanol–water partition coefficient (Wildman–Crippen LogP) is 2.94. The Balaban J connectivity index is 1.52. The summed E-state index contributed by atoms with van der Waals surface area (Å²) in [5.74, 6) is -0.639. The Kier molecular flexibility index (Phi) is 5.51. The molecule has 0 aliphatic carbocycles. The van der Waals surface area contributed by atoms with Crippen LogP contribution in [0.15, 0.2) is 42.5 Å². The van der Waals surface area contributed by atoms with Crippen molar-refractivity contribution >= 4 is 11.8 Å². The van der Waals surface area contributed by atoms with E-state index in [0.29, 0.717) is 36.2 Å². The third-order valence-corrected chi connectivity index (χ3v) is 4.48. The number of benzene rings is 2. The van der Waals surface area contributed by atoms with E-state index in [4.69, 9.17) is 0 Å². The van der Waals surface area contributed by atoms with E-state index in [9.17, 15) is 19.1 Å². The second-order valence-corrected chi connectivity index (χ2v) is 6.33. The highest BCUT2D eigenvalue weighted by molar-refractivity contribution is 5.94. The first-order valence-corrected chi connectivity index (χ1v) is 8.69. The number of likely N-dealkylation sites (tertiary alicyclic amines) is 1. The van der Waals surface area contributed by atoms with Crippen LogP contribution < -0.4 is 5.32 Å². The van der Waals surface area contributed by atoms with E-state index in [1.807, 2.05) is 4.90 Å². The van der Waals surface area contributed by atoms with E-state index in [1.165, 1.54) is 12.1 Å². The highest BCUT2D eigenvalue weighted by Crippen LogP contribution is 2.29. The smallest absolute Gasteiger partial charge is 0.251 e. The number of amides is 2. The minimum atomic E-state index is -0.502. The summed E-state index contributed by atoms with van der Waals surface area (Å²) in [5.41, 5.74) is 1.72. The standard InChI is InChI=1S/C20H21FN2O3/c21-16-8-9-17(18(24)13-16)14-4-6-15(7-5-14)20(26)22-10-2-12-23-11-1-3-19(23)25/h4-9,13,24H,1-3,10-12H2,(H,22,26). The maximum absolute atomic E-state index is 13.1. The van der Waals surface area contributed by atoms with Crippen molar-refractivity contribution in [3.8, 4) is 16.9 Å². The number of carbonyl (C=O) groups excluding carboxylic acids is 2. The molecule has 0 radical (unpaired) electrons. The van der Waals surface area contributed by atoms with Crippen LogP contribution in [0.2, 0.25) is 0 Å². The van der Waals surface area contributed by atoms with Gasteiger partial charge in [0.25, 0.3) is 5.91 Å². The summed E-state index contributed by atoms with van der Waals surface area (Å²) >= 11 is 0. The van der Waals surface area contributed by atoms with E-state index >= 15 is 0 Å². The maximum Gasteiger partial charge on any atom is 0.251 e. The van der Waals surface area contributed by atoms with Crippen LogP contribution in [0.1, 0.15) is 29.6 Å². The number of hydrogen-bond donors (Lipinski definition) is 2. The SMILES string of the molecule is O=C(NCCCN1CCCC1=O)c1ccc(-c2ccc(F)cc2O)cc1. The Morgan fingerprint density at radius 3 is 2.62 bits per heavy atom. The largest absolute Gasteiger partial charge is 0.507 e. The van der Waals surface area contributed by atoms with Gasteiger partial charge in [0.05, 0.1) is 0 Å². The van der Waals surface area contributed by atoms with Crippen molar-refractivity contribution in [1.29, 1.82) is 0 Å². The quantitative estimate of drug-likeness (QED) is 0.782. The number of nitrogens with one attached hydrogen (secondary N) is 1. The molecule has 26 heavy (non-hydrogen) atoms. The minimum absolute atomic E-state index is 0.140. The number of rotatable bonds is 6. The molecule has 0 bridgehead atoms. The summed E-state index contributed by atoms with van der Waals surface area (Å²) in [6.45, 7) is 1.98. The van der Waals surface area contributed by atoms with Crippen molar-refractivity contribution in [2.24, 2.45) is 0 Å². The lowest BCUT2D eigenvalue weighted by molar-refractivity contribution is -0.127. The Morgan fingerprint density at radius 2 is 1.96 bits per heavy atom. The van der Waals surface area contributed by atoms with Gasteiger partial charge in [-0.25, -0.2) is 4.39 Å². The fraction of sp³-hybridized carbons (Fsp3) is 0.300. The molecule has 1 aliphatic heterocycles. The van der Waals surface area contributed by atoms with Gasteiger partial charge in [-0.1, -0.05) is 12.1 Å². The van der Waals surface area contributed by atoms with Gasteiger partial charge in [0.1, 0.15) is 11.6 Å². The molecule has 136 valence electrons. The first-order chi connectivity index (χ1) is 12.5. The summed E-state index contributed by atoms with van der Waals surface area (Å²) < 4.78 is 13.1. The van der Waals surface area contributed by atoms with Gasteiger partial charge in [0.2, 0.25) is 5.91 Å². The lowest BCUT2D eigenvalue weighted by atomic mass is 10.0. The van der Waals surface area contributed by atoms with Crippen LogP contribution in [-0.2, 0) is 4.79 Å². The number of carbonyl (C=O) groups is 2. The Morgan fingerprint density at radius 1 is 1.19 bits per heavy atom. The molecule has 1 heterocycles. The van der Waals surface area contributed by atoms with Gasteiger partial charge < -0.3 is 15.3 Å². The molecule has 0 unspecified atom stereocenters. The van der Waals surface area contributed by atoms with Crippen molar-refractivity contribution in [3.63, 3.8) is 0 Å². The van der Waals surface area contributed by atoms with Gasteiger partial charge in [-0.15, -0.1) is 0 Å². The van der Waals surface area contributed by atoms with Crippen LogP contribution in [0.3, 0.4) is 0 Å². The molecular formula is C20H21FN2O3. The van der Waals surface area contributed by atoms with Crippen molar-refractivity contribution in [3.05, 3.63) is 53.8 Å². The molecule has 2 aromatic carbocycles. The monoisotopic (exact) mass is 356 g/mol. The Labute approximate surface area is 151 Å². The molecule has 0 atom stereocenters. The summed E-state index contributed by atoms with van der Waals surface area (Å²) in [5, 5.41) is 12.7. The van der Waals surface area contributed by atoms with E-state index in [1.54, 1.807) is 24.3 Å². The topological polar surface area (TPSA) is 69.6 Å². The number of hydrogen-bond acceptors (Lipinski definition) is 3. The van der Waals surface area contributed by atoms with Crippen molar-refractivity contribution in [2.75, 3.05) is 19.6 Å². The van der Waals surface area contributed by atoms with E-state index in [2.05, 4.69) is 5.32 Å². The maximum atomic E-state index is 13.1. The number of phenols is 1. The van der Waals surface area contributed by atoms with Gasteiger partial charge in [-0.2, -0.15) is 0 Å². The van der Waals surface area contributed by atoms with E-state index < -0.39 is 5.82 Å². The van der Waals surface area contributed by atoms with Crippen LogP contribution in [0.5, 0.6) is 5.75 Å². The molecule has 0 saturated carbocycles. The predicted molar refractivity (Wildman–Crippen MR) is 96.3 cm³/mol. The number of phenolic OH excluding ortho intramolecular Hbond substituents is 1. The van der Waals surface area contributed by atoms with Crippen molar-refractivity contribution < 1.29 is 19.1 Å². The molecule has 0 spiro atoms. The zero-order chi connectivity index (χ0) is 18.5. The molecule has 2 amide bonds. The van der Waals surface area contributed by atoms with Gasteiger partial charge >= 0.3 is 0 Å². The third kappa shape index (κ3) is 4.20. The number of aromatic hydroxyl groups is 1. The van der Waals surface area contributed by atoms with Crippen molar-refractivity contribution in [1.82, 2.24) is 10.2 Å². The van der Waals surface area contributed by atoms with Gasteiger partial charge in [0, 0.05) is 43.2 Å². The molecule has 1 saturated heterocycles. The zero-order valence-electron chi connectivity index (χ0n) is 14.4. The van der Waals surface area contributed by atoms with Crippen LogP contribution in [0.25, 0.3) is 11.1 Å². The zero-order valence-corrected chi connectivity index (χ0v) is 14.4. The van der Waals surface area contributed by atoms with E-state index in [-0.39, 0.29) is 17.6 Å². The summed E-state index contributed by atoms with van der Waals surface area (Å²) in [6.07, 6.45) is 2.27. The van der Waals surface area contributed by atoms with Crippen LogP contribution in [0.4, 0.5) is 4.39 Å². The second-order valence-electron chi connectivity index (χ2n) is 6.33. The minimum Gasteiger partial charge on any atom is -0.507 e. The molecule has 1 aliphatic rings. The molecule has 1 fully saturated rings. The first-order valence-electron chi connectivity index (χ1n) is 8.69.